The van der Waals surface area contributed by atoms with E-state index in [4.69, 9.17) is 10.9 Å². The minimum Gasteiger partial charge on any atom is -0.409 e. The predicted octanol–water partition coefficient (Wildman–Crippen LogP) is 1.70. The van der Waals surface area contributed by atoms with E-state index in [9.17, 15) is 4.79 Å². The number of oxime groups is 1. The molecule has 0 aliphatic carbocycles. The lowest BCUT2D eigenvalue weighted by atomic mass is 9.84. The minimum absolute atomic E-state index is 0.0156. The minimum atomic E-state index is -0.436. The van der Waals surface area contributed by atoms with Crippen LogP contribution >= 0.6 is 0 Å². The van der Waals surface area contributed by atoms with E-state index in [0.717, 1.165) is 6.42 Å². The van der Waals surface area contributed by atoms with Crippen molar-refractivity contribution in [1.29, 1.82) is 0 Å². The predicted molar refractivity (Wildman–Crippen MR) is 68.9 cm³/mol. The number of hydrogen-bond acceptors (Lipinski definition) is 3. The molecule has 5 heteroatoms. The van der Waals surface area contributed by atoms with Gasteiger partial charge in [-0.2, -0.15) is 0 Å². The Morgan fingerprint density at radius 2 is 1.94 bits per heavy atom. The molecule has 0 bridgehead atoms. The summed E-state index contributed by atoms with van der Waals surface area (Å²) in [5.74, 6) is 0.261. The van der Waals surface area contributed by atoms with Gasteiger partial charge in [-0.1, -0.05) is 32.9 Å². The highest BCUT2D eigenvalue weighted by Crippen LogP contribution is 2.25. The first-order valence-electron chi connectivity index (χ1n) is 5.92. The van der Waals surface area contributed by atoms with Crippen LogP contribution in [0.3, 0.4) is 0 Å². The lowest BCUT2D eigenvalue weighted by Gasteiger charge is -2.23. The summed E-state index contributed by atoms with van der Waals surface area (Å²) in [6.45, 7) is 10.2. The first-order valence-corrected chi connectivity index (χ1v) is 5.92. The van der Waals surface area contributed by atoms with Gasteiger partial charge in [-0.25, -0.2) is 0 Å². The van der Waals surface area contributed by atoms with Gasteiger partial charge >= 0.3 is 0 Å². The van der Waals surface area contributed by atoms with Crippen LogP contribution < -0.4 is 11.1 Å². The number of carbonyl (C=O) groups is 1. The number of amides is 1. The van der Waals surface area contributed by atoms with Gasteiger partial charge in [-0.3, -0.25) is 4.79 Å². The second kappa shape index (κ2) is 6.47. The van der Waals surface area contributed by atoms with Crippen LogP contribution in [0.25, 0.3) is 0 Å². The van der Waals surface area contributed by atoms with Crippen LogP contribution in [0.2, 0.25) is 0 Å². The summed E-state index contributed by atoms with van der Waals surface area (Å²) in [5, 5.41) is 14.0. The van der Waals surface area contributed by atoms with Crippen LogP contribution in [0.4, 0.5) is 0 Å². The number of nitrogens with one attached hydrogen (secondary N) is 1. The van der Waals surface area contributed by atoms with Gasteiger partial charge in [0.1, 0.15) is 0 Å². The largest absolute Gasteiger partial charge is 0.409 e. The molecule has 5 nitrogen and oxygen atoms in total. The Labute approximate surface area is 103 Å². The molecule has 0 spiro atoms. The molecule has 0 aromatic heterocycles. The monoisotopic (exact) mass is 243 g/mol. The zero-order valence-electron chi connectivity index (χ0n) is 11.4. The molecule has 0 rings (SSSR count). The molecule has 17 heavy (non-hydrogen) atoms. The summed E-state index contributed by atoms with van der Waals surface area (Å²) < 4.78 is 0. The third kappa shape index (κ3) is 7.60. The highest BCUT2D eigenvalue weighted by molar-refractivity contribution is 5.89. The first kappa shape index (κ1) is 15.7. The Morgan fingerprint density at radius 1 is 1.41 bits per heavy atom. The standard InChI is InChI=1S/C12H25N3O2/c1-8(7-12(3,4)5)6-10(16)14-9(2)11(13)15-17/h8-9,17H,6-7H2,1-5H3,(H2,13,15)(H,14,16). The number of rotatable bonds is 5. The van der Waals surface area contributed by atoms with E-state index in [2.05, 4.69) is 38.2 Å². The third-order valence-electron chi connectivity index (χ3n) is 2.43. The second-order valence-corrected chi connectivity index (χ2v) is 5.89. The number of amidine groups is 1. The number of nitrogens with zero attached hydrogens (tertiary/aromatic N) is 1. The highest BCUT2D eigenvalue weighted by atomic mass is 16.4. The topological polar surface area (TPSA) is 87.7 Å². The number of nitrogens with two attached hydrogens (primary N) is 1. The second-order valence-electron chi connectivity index (χ2n) is 5.89. The Morgan fingerprint density at radius 3 is 2.35 bits per heavy atom. The van der Waals surface area contributed by atoms with Gasteiger partial charge in [-0.05, 0) is 24.7 Å². The molecule has 2 unspecified atom stereocenters. The van der Waals surface area contributed by atoms with E-state index in [1.807, 2.05) is 0 Å². The molecule has 0 fully saturated rings. The van der Waals surface area contributed by atoms with Crippen molar-refractivity contribution in [2.45, 2.75) is 53.5 Å². The average molecular weight is 243 g/mol. The van der Waals surface area contributed by atoms with Gasteiger partial charge in [0.05, 0.1) is 6.04 Å². The summed E-state index contributed by atoms with van der Waals surface area (Å²) in [4.78, 5) is 11.7. The van der Waals surface area contributed by atoms with E-state index in [0.29, 0.717) is 12.3 Å². The van der Waals surface area contributed by atoms with E-state index in [-0.39, 0.29) is 17.2 Å². The quantitative estimate of drug-likeness (QED) is 0.297. The molecule has 2 atom stereocenters. The van der Waals surface area contributed by atoms with Gasteiger partial charge in [0, 0.05) is 6.42 Å². The zero-order valence-corrected chi connectivity index (χ0v) is 11.4. The molecule has 0 aromatic rings. The average Bonchev–Trinajstić information content (AvgIpc) is 2.12. The molecule has 1 amide bonds. The van der Waals surface area contributed by atoms with Gasteiger partial charge in [0.2, 0.25) is 5.91 Å². The van der Waals surface area contributed by atoms with E-state index in [1.54, 1.807) is 6.92 Å². The van der Waals surface area contributed by atoms with Gasteiger partial charge in [0.15, 0.2) is 5.84 Å². The van der Waals surface area contributed by atoms with Crippen molar-refractivity contribution in [1.82, 2.24) is 5.32 Å². The van der Waals surface area contributed by atoms with Gasteiger partial charge in [0.25, 0.3) is 0 Å². The van der Waals surface area contributed by atoms with Crippen LogP contribution in [0.1, 0.15) is 47.5 Å². The molecule has 4 N–H and O–H groups in total. The molecular weight excluding hydrogens is 218 g/mol. The maximum atomic E-state index is 11.7. The SMILES string of the molecule is CC(CC(=O)NC(C)/C(N)=N/O)CC(C)(C)C. The smallest absolute Gasteiger partial charge is 0.220 e. The maximum Gasteiger partial charge on any atom is 0.220 e. The molecule has 0 aliphatic heterocycles. The van der Waals surface area contributed by atoms with Crippen LogP contribution in [0.5, 0.6) is 0 Å². The molecule has 0 aliphatic rings. The van der Waals surface area contributed by atoms with Crippen molar-refractivity contribution in [3.8, 4) is 0 Å². The van der Waals surface area contributed by atoms with E-state index < -0.39 is 6.04 Å². The van der Waals surface area contributed by atoms with Crippen molar-refractivity contribution < 1.29 is 10.0 Å². The lowest BCUT2D eigenvalue weighted by molar-refractivity contribution is -0.122. The van der Waals surface area contributed by atoms with Crippen molar-refractivity contribution >= 4 is 11.7 Å². The summed E-state index contributed by atoms with van der Waals surface area (Å²) in [7, 11) is 0. The Hall–Kier alpha value is -1.26. The zero-order chi connectivity index (χ0) is 13.6. The van der Waals surface area contributed by atoms with Gasteiger partial charge in [-0.15, -0.1) is 0 Å². The molecule has 0 radical (unpaired) electrons. The fourth-order valence-electron chi connectivity index (χ4n) is 1.89. The van der Waals surface area contributed by atoms with Crippen molar-refractivity contribution in [2.24, 2.45) is 22.2 Å². The maximum absolute atomic E-state index is 11.7. The van der Waals surface area contributed by atoms with E-state index in [1.165, 1.54) is 0 Å². The Balaban J connectivity index is 4.11. The molecule has 0 aromatic carbocycles. The number of carbonyl (C=O) groups excluding carboxylic acids is 1. The molecule has 100 valence electrons. The fourth-order valence-corrected chi connectivity index (χ4v) is 1.89. The van der Waals surface area contributed by atoms with Crippen LogP contribution in [0.15, 0.2) is 5.16 Å². The molecule has 0 heterocycles. The summed E-state index contributed by atoms with van der Waals surface area (Å²) in [6.07, 6.45) is 1.44. The number of hydrogen-bond donors (Lipinski definition) is 3. The van der Waals surface area contributed by atoms with Crippen LogP contribution in [-0.4, -0.2) is 23.0 Å². The first-order chi connectivity index (χ1) is 7.65. The summed E-state index contributed by atoms with van der Waals surface area (Å²) in [6, 6.07) is -0.436. The van der Waals surface area contributed by atoms with E-state index >= 15 is 0 Å². The highest BCUT2D eigenvalue weighted by Gasteiger charge is 2.19. The molecular formula is C12H25N3O2. The Kier molecular flexibility index (Phi) is 5.99. The third-order valence-corrected chi connectivity index (χ3v) is 2.43. The van der Waals surface area contributed by atoms with Crippen molar-refractivity contribution in [2.75, 3.05) is 0 Å². The Bertz CT molecular complexity index is 282. The molecule has 0 saturated heterocycles. The normalized spacial score (nSPS) is 16.4. The van der Waals surface area contributed by atoms with Crippen LogP contribution in [0, 0.1) is 11.3 Å². The molecule has 0 saturated carbocycles. The summed E-state index contributed by atoms with van der Waals surface area (Å²) >= 11 is 0. The van der Waals surface area contributed by atoms with Crippen molar-refractivity contribution in [3.63, 3.8) is 0 Å². The van der Waals surface area contributed by atoms with Gasteiger partial charge < -0.3 is 16.3 Å². The van der Waals surface area contributed by atoms with Crippen LogP contribution in [-0.2, 0) is 4.79 Å². The summed E-state index contributed by atoms with van der Waals surface area (Å²) in [5.41, 5.74) is 5.60. The van der Waals surface area contributed by atoms with Crippen molar-refractivity contribution in [3.05, 3.63) is 0 Å². The lowest BCUT2D eigenvalue weighted by Crippen LogP contribution is -2.42. The fraction of sp³-hybridized carbons (Fsp3) is 0.833.